The van der Waals surface area contributed by atoms with Crippen molar-refractivity contribution in [1.82, 2.24) is 20.8 Å². The molecule has 90 valence electrons. The molecule has 16 heavy (non-hydrogen) atoms. The lowest BCUT2D eigenvalue weighted by atomic mass is 9.77. The van der Waals surface area contributed by atoms with E-state index in [1.54, 1.807) is 6.20 Å². The molecular weight excluding hydrogens is 202 g/mol. The summed E-state index contributed by atoms with van der Waals surface area (Å²) < 4.78 is 0. The van der Waals surface area contributed by atoms with Gasteiger partial charge in [0.05, 0.1) is 12.2 Å². The van der Waals surface area contributed by atoms with Crippen LogP contribution in [-0.4, -0.2) is 15.4 Å². The first-order valence-corrected chi connectivity index (χ1v) is 6.17. The van der Waals surface area contributed by atoms with Gasteiger partial charge in [-0.2, -0.15) is 15.4 Å². The Balaban J connectivity index is 1.96. The number of aromatic nitrogens is 3. The van der Waals surface area contributed by atoms with Gasteiger partial charge in [0.25, 0.3) is 0 Å². The summed E-state index contributed by atoms with van der Waals surface area (Å²) in [6.45, 7) is 2.28. The molecule has 0 spiro atoms. The third kappa shape index (κ3) is 2.41. The molecule has 0 bridgehead atoms. The van der Waals surface area contributed by atoms with Gasteiger partial charge in [0, 0.05) is 0 Å². The predicted molar refractivity (Wildman–Crippen MR) is 62.2 cm³/mol. The highest BCUT2D eigenvalue weighted by Crippen LogP contribution is 2.36. The van der Waals surface area contributed by atoms with Crippen molar-refractivity contribution in [2.45, 2.75) is 45.1 Å². The quantitative estimate of drug-likeness (QED) is 0.534. The number of hydrazine groups is 1. The molecule has 1 aliphatic rings. The number of nitrogens with one attached hydrogen (secondary N) is 2. The van der Waals surface area contributed by atoms with Crippen molar-refractivity contribution < 1.29 is 0 Å². The minimum Gasteiger partial charge on any atom is -0.271 e. The summed E-state index contributed by atoms with van der Waals surface area (Å²) in [5.74, 6) is 7.13. The van der Waals surface area contributed by atoms with Gasteiger partial charge in [-0.1, -0.05) is 26.2 Å². The second kappa shape index (κ2) is 5.41. The van der Waals surface area contributed by atoms with Crippen LogP contribution in [0.2, 0.25) is 0 Å². The normalized spacial score (nSPS) is 27.9. The molecular formula is C11H21N5. The maximum Gasteiger partial charge on any atom is 0.101 e. The van der Waals surface area contributed by atoms with E-state index in [0.717, 1.165) is 11.6 Å². The fourth-order valence-corrected chi connectivity index (χ4v) is 2.75. The zero-order valence-corrected chi connectivity index (χ0v) is 9.82. The molecule has 1 atom stereocenters. The smallest absolute Gasteiger partial charge is 0.101 e. The van der Waals surface area contributed by atoms with Crippen LogP contribution in [0, 0.1) is 11.8 Å². The average Bonchev–Trinajstić information content (AvgIpc) is 2.85. The second-order valence-corrected chi connectivity index (χ2v) is 4.73. The molecule has 5 heteroatoms. The number of H-pyrrole nitrogens is 1. The molecule has 1 unspecified atom stereocenters. The van der Waals surface area contributed by atoms with E-state index in [9.17, 15) is 0 Å². The maximum absolute atomic E-state index is 5.63. The molecule has 0 saturated heterocycles. The second-order valence-electron chi connectivity index (χ2n) is 4.73. The Morgan fingerprint density at radius 3 is 2.75 bits per heavy atom. The van der Waals surface area contributed by atoms with Gasteiger partial charge < -0.3 is 0 Å². The third-order valence-corrected chi connectivity index (χ3v) is 3.87. The molecule has 1 aromatic heterocycles. The lowest BCUT2D eigenvalue weighted by Crippen LogP contribution is -2.35. The van der Waals surface area contributed by atoms with E-state index in [4.69, 9.17) is 5.84 Å². The van der Waals surface area contributed by atoms with Crippen LogP contribution in [-0.2, 0) is 0 Å². The lowest BCUT2D eigenvalue weighted by molar-refractivity contribution is 0.217. The van der Waals surface area contributed by atoms with Crippen LogP contribution >= 0.6 is 0 Å². The first kappa shape index (κ1) is 11.5. The molecule has 0 amide bonds. The Bertz CT molecular complexity index is 289. The van der Waals surface area contributed by atoms with Gasteiger partial charge in [-0.25, -0.2) is 0 Å². The van der Waals surface area contributed by atoms with E-state index < -0.39 is 0 Å². The summed E-state index contributed by atoms with van der Waals surface area (Å²) in [7, 11) is 0. The van der Waals surface area contributed by atoms with Gasteiger partial charge in [-0.15, -0.1) is 0 Å². The van der Waals surface area contributed by atoms with Gasteiger partial charge in [0.1, 0.15) is 5.69 Å². The average molecular weight is 223 g/mol. The lowest BCUT2D eigenvalue weighted by Gasteiger charge is -2.32. The van der Waals surface area contributed by atoms with E-state index in [1.807, 2.05) is 0 Å². The summed E-state index contributed by atoms with van der Waals surface area (Å²) in [6, 6.07) is 0.150. The van der Waals surface area contributed by atoms with E-state index in [-0.39, 0.29) is 6.04 Å². The van der Waals surface area contributed by atoms with Crippen LogP contribution in [0.15, 0.2) is 6.20 Å². The Morgan fingerprint density at radius 2 is 2.25 bits per heavy atom. The Labute approximate surface area is 96.2 Å². The van der Waals surface area contributed by atoms with Crippen molar-refractivity contribution >= 4 is 0 Å². The maximum atomic E-state index is 5.63. The number of nitrogens with zero attached hydrogens (tertiary/aromatic N) is 2. The standard InChI is InChI=1S/C11H21N5/c1-2-8-3-5-9(6-4-8)11(14-12)10-7-13-16-15-10/h7-9,11,14H,2-6,12H2,1H3,(H,13,15,16). The molecule has 4 N–H and O–H groups in total. The molecule has 1 saturated carbocycles. The zero-order valence-electron chi connectivity index (χ0n) is 9.82. The number of hydrogen-bond donors (Lipinski definition) is 3. The highest BCUT2D eigenvalue weighted by atomic mass is 15.3. The van der Waals surface area contributed by atoms with Crippen molar-refractivity contribution in [2.75, 3.05) is 0 Å². The van der Waals surface area contributed by atoms with Crippen molar-refractivity contribution in [3.63, 3.8) is 0 Å². The van der Waals surface area contributed by atoms with E-state index in [1.165, 1.54) is 32.1 Å². The van der Waals surface area contributed by atoms with Gasteiger partial charge in [-0.3, -0.25) is 11.3 Å². The van der Waals surface area contributed by atoms with Crippen LogP contribution < -0.4 is 11.3 Å². The van der Waals surface area contributed by atoms with Gasteiger partial charge in [0.2, 0.25) is 0 Å². The monoisotopic (exact) mass is 223 g/mol. The highest BCUT2D eigenvalue weighted by molar-refractivity contribution is 5.02. The number of aromatic amines is 1. The fourth-order valence-electron chi connectivity index (χ4n) is 2.75. The summed E-state index contributed by atoms with van der Waals surface area (Å²) >= 11 is 0. The molecule has 0 aliphatic heterocycles. The number of rotatable bonds is 4. The van der Waals surface area contributed by atoms with E-state index in [0.29, 0.717) is 5.92 Å². The molecule has 0 aromatic carbocycles. The first-order chi connectivity index (χ1) is 7.85. The van der Waals surface area contributed by atoms with Gasteiger partial charge in [-0.05, 0) is 24.7 Å². The third-order valence-electron chi connectivity index (χ3n) is 3.87. The van der Waals surface area contributed by atoms with Crippen LogP contribution in [0.3, 0.4) is 0 Å². The van der Waals surface area contributed by atoms with Crippen molar-refractivity contribution in [3.8, 4) is 0 Å². The summed E-state index contributed by atoms with van der Waals surface area (Å²) in [5.41, 5.74) is 3.82. The molecule has 2 rings (SSSR count). The highest BCUT2D eigenvalue weighted by Gasteiger charge is 2.28. The molecule has 1 aliphatic carbocycles. The predicted octanol–water partition coefficient (Wildman–Crippen LogP) is 1.53. The Morgan fingerprint density at radius 1 is 1.50 bits per heavy atom. The first-order valence-electron chi connectivity index (χ1n) is 6.17. The Hall–Kier alpha value is -0.940. The minimum absolute atomic E-state index is 0.150. The number of hydrogen-bond acceptors (Lipinski definition) is 4. The van der Waals surface area contributed by atoms with E-state index >= 15 is 0 Å². The minimum atomic E-state index is 0.150. The molecule has 1 heterocycles. The van der Waals surface area contributed by atoms with Crippen molar-refractivity contribution in [2.24, 2.45) is 17.7 Å². The number of nitrogens with two attached hydrogens (primary N) is 1. The zero-order chi connectivity index (χ0) is 11.4. The van der Waals surface area contributed by atoms with Crippen molar-refractivity contribution in [1.29, 1.82) is 0 Å². The SMILES string of the molecule is CCC1CCC(C(NN)c2cn[nH]n2)CC1. The summed E-state index contributed by atoms with van der Waals surface area (Å²) in [4.78, 5) is 0. The van der Waals surface area contributed by atoms with Gasteiger partial charge >= 0.3 is 0 Å². The molecule has 5 nitrogen and oxygen atoms in total. The fraction of sp³-hybridized carbons (Fsp3) is 0.818. The largest absolute Gasteiger partial charge is 0.271 e. The molecule has 1 aromatic rings. The Kier molecular flexibility index (Phi) is 3.90. The molecule has 1 fully saturated rings. The van der Waals surface area contributed by atoms with E-state index in [2.05, 4.69) is 27.8 Å². The van der Waals surface area contributed by atoms with Crippen LogP contribution in [0.25, 0.3) is 0 Å². The van der Waals surface area contributed by atoms with Crippen molar-refractivity contribution in [3.05, 3.63) is 11.9 Å². The topological polar surface area (TPSA) is 79.6 Å². The van der Waals surface area contributed by atoms with Crippen LogP contribution in [0.5, 0.6) is 0 Å². The van der Waals surface area contributed by atoms with Crippen LogP contribution in [0.4, 0.5) is 0 Å². The molecule has 0 radical (unpaired) electrons. The van der Waals surface area contributed by atoms with Crippen LogP contribution in [0.1, 0.15) is 50.8 Å². The summed E-state index contributed by atoms with van der Waals surface area (Å²) in [5, 5.41) is 10.6. The summed E-state index contributed by atoms with van der Waals surface area (Å²) in [6.07, 6.45) is 8.17. The van der Waals surface area contributed by atoms with Gasteiger partial charge in [0.15, 0.2) is 0 Å².